The minimum absolute atomic E-state index is 0.0502. The zero-order valence-corrected chi connectivity index (χ0v) is 11.2. The van der Waals surface area contributed by atoms with Crippen molar-refractivity contribution >= 4 is 5.78 Å². The van der Waals surface area contributed by atoms with E-state index in [1.165, 1.54) is 11.1 Å². The number of ether oxygens (including phenoxy) is 1. The van der Waals surface area contributed by atoms with E-state index in [0.29, 0.717) is 25.4 Å². The van der Waals surface area contributed by atoms with E-state index in [1.807, 2.05) is 0 Å². The third-order valence-electron chi connectivity index (χ3n) is 3.37. The third-order valence-corrected chi connectivity index (χ3v) is 3.37. The van der Waals surface area contributed by atoms with Gasteiger partial charge in [0.15, 0.2) is 0 Å². The largest absolute Gasteiger partial charge is 0.380 e. The smallest absolute Gasteiger partial charge is 0.141 e. The summed E-state index contributed by atoms with van der Waals surface area (Å²) in [6.45, 7) is 4.93. The van der Waals surface area contributed by atoms with Crippen molar-refractivity contribution in [1.29, 1.82) is 0 Å². The fourth-order valence-corrected chi connectivity index (χ4v) is 2.30. The molecule has 0 aliphatic carbocycles. The lowest BCUT2D eigenvalue weighted by molar-refractivity contribution is -0.131. The summed E-state index contributed by atoms with van der Waals surface area (Å²) in [5, 5.41) is 0. The Morgan fingerprint density at radius 1 is 1.33 bits per heavy atom. The number of nitrogens with zero attached hydrogens (tertiary/aromatic N) is 1. The lowest BCUT2D eigenvalue weighted by Gasteiger charge is -2.26. The van der Waals surface area contributed by atoms with Crippen LogP contribution < -0.4 is 0 Å². The molecule has 1 unspecified atom stereocenters. The molecule has 1 aromatic rings. The molecule has 0 bridgehead atoms. The van der Waals surface area contributed by atoms with Crippen LogP contribution >= 0.6 is 0 Å². The van der Waals surface area contributed by atoms with Crippen molar-refractivity contribution in [2.75, 3.05) is 26.8 Å². The molecule has 18 heavy (non-hydrogen) atoms. The lowest BCUT2D eigenvalue weighted by Crippen LogP contribution is -2.36. The Hall–Kier alpha value is -1.19. The van der Waals surface area contributed by atoms with Gasteiger partial charge in [-0.3, -0.25) is 4.79 Å². The maximum absolute atomic E-state index is 11.7. The van der Waals surface area contributed by atoms with Crippen molar-refractivity contribution in [3.05, 3.63) is 35.4 Å². The monoisotopic (exact) mass is 247 g/mol. The Balaban J connectivity index is 1.86. The molecule has 1 aliphatic heterocycles. The SMILES string of the molecule is Cc1ccc(CN(C)CC2COCCC2=O)cc1. The highest BCUT2D eigenvalue weighted by molar-refractivity contribution is 5.82. The van der Waals surface area contributed by atoms with Crippen LogP contribution in [0.3, 0.4) is 0 Å². The van der Waals surface area contributed by atoms with Crippen LogP contribution in [-0.2, 0) is 16.1 Å². The molecule has 0 N–H and O–H groups in total. The fourth-order valence-electron chi connectivity index (χ4n) is 2.30. The maximum Gasteiger partial charge on any atom is 0.141 e. The molecular weight excluding hydrogens is 226 g/mol. The molecule has 0 aromatic heterocycles. The zero-order chi connectivity index (χ0) is 13.0. The van der Waals surface area contributed by atoms with Crippen molar-refractivity contribution in [3.8, 4) is 0 Å². The van der Waals surface area contributed by atoms with Crippen LogP contribution in [0.4, 0.5) is 0 Å². The van der Waals surface area contributed by atoms with Crippen LogP contribution in [0.2, 0.25) is 0 Å². The Morgan fingerprint density at radius 3 is 2.72 bits per heavy atom. The van der Waals surface area contributed by atoms with E-state index in [9.17, 15) is 4.79 Å². The molecular formula is C15H21NO2. The van der Waals surface area contributed by atoms with E-state index >= 15 is 0 Å². The van der Waals surface area contributed by atoms with Crippen molar-refractivity contribution in [1.82, 2.24) is 4.90 Å². The van der Waals surface area contributed by atoms with Crippen LogP contribution in [0.25, 0.3) is 0 Å². The van der Waals surface area contributed by atoms with Gasteiger partial charge in [-0.05, 0) is 19.5 Å². The highest BCUT2D eigenvalue weighted by atomic mass is 16.5. The summed E-state index contributed by atoms with van der Waals surface area (Å²) in [5.41, 5.74) is 2.56. The summed E-state index contributed by atoms with van der Waals surface area (Å²) in [6, 6.07) is 8.53. The minimum atomic E-state index is 0.0502. The van der Waals surface area contributed by atoms with Gasteiger partial charge in [0.25, 0.3) is 0 Å². The number of benzene rings is 1. The number of ketones is 1. The first kappa shape index (κ1) is 13.2. The summed E-state index contributed by atoms with van der Waals surface area (Å²) < 4.78 is 5.37. The molecule has 1 atom stereocenters. The topological polar surface area (TPSA) is 29.5 Å². The predicted octanol–water partition coefficient (Wildman–Crippen LogP) is 2.03. The molecule has 1 aromatic carbocycles. The van der Waals surface area contributed by atoms with Gasteiger partial charge in [-0.15, -0.1) is 0 Å². The summed E-state index contributed by atoms with van der Waals surface area (Å²) in [5.74, 6) is 0.395. The van der Waals surface area contributed by atoms with Gasteiger partial charge in [0, 0.05) is 19.5 Å². The molecule has 2 rings (SSSR count). The van der Waals surface area contributed by atoms with Gasteiger partial charge in [-0.2, -0.15) is 0 Å². The average molecular weight is 247 g/mol. The van der Waals surface area contributed by atoms with Crippen molar-refractivity contribution in [3.63, 3.8) is 0 Å². The fraction of sp³-hybridized carbons (Fsp3) is 0.533. The quantitative estimate of drug-likeness (QED) is 0.815. The molecule has 0 amide bonds. The van der Waals surface area contributed by atoms with Crippen LogP contribution in [-0.4, -0.2) is 37.5 Å². The highest BCUT2D eigenvalue weighted by Gasteiger charge is 2.23. The second-order valence-electron chi connectivity index (χ2n) is 5.17. The van der Waals surface area contributed by atoms with Gasteiger partial charge in [-0.1, -0.05) is 29.8 Å². The Morgan fingerprint density at radius 2 is 2.06 bits per heavy atom. The molecule has 1 fully saturated rings. The molecule has 0 spiro atoms. The molecule has 0 saturated carbocycles. The number of aryl methyl sites for hydroxylation is 1. The number of carbonyl (C=O) groups excluding carboxylic acids is 1. The lowest BCUT2D eigenvalue weighted by atomic mass is 10.00. The highest BCUT2D eigenvalue weighted by Crippen LogP contribution is 2.13. The van der Waals surface area contributed by atoms with Crippen LogP contribution in [0, 0.1) is 12.8 Å². The Labute approximate surface area is 109 Å². The number of hydrogen-bond acceptors (Lipinski definition) is 3. The second kappa shape index (κ2) is 6.12. The van der Waals surface area contributed by atoms with Crippen LogP contribution in [0.15, 0.2) is 24.3 Å². The van der Waals surface area contributed by atoms with Crippen molar-refractivity contribution in [2.45, 2.75) is 19.9 Å². The van der Waals surface area contributed by atoms with E-state index in [1.54, 1.807) is 0 Å². The Bertz CT molecular complexity index is 399. The third kappa shape index (κ3) is 3.65. The maximum atomic E-state index is 11.7. The molecule has 0 radical (unpaired) electrons. The van der Waals surface area contributed by atoms with Gasteiger partial charge in [0.1, 0.15) is 5.78 Å². The number of rotatable bonds is 4. The number of hydrogen-bond donors (Lipinski definition) is 0. The molecule has 3 heteroatoms. The van der Waals surface area contributed by atoms with E-state index in [-0.39, 0.29) is 5.92 Å². The van der Waals surface area contributed by atoms with E-state index in [2.05, 4.69) is 43.1 Å². The first-order valence-corrected chi connectivity index (χ1v) is 6.49. The van der Waals surface area contributed by atoms with Gasteiger partial charge < -0.3 is 9.64 Å². The van der Waals surface area contributed by atoms with Gasteiger partial charge >= 0.3 is 0 Å². The van der Waals surface area contributed by atoms with Gasteiger partial charge in [0.05, 0.1) is 19.1 Å². The van der Waals surface area contributed by atoms with Gasteiger partial charge in [0.2, 0.25) is 0 Å². The molecule has 98 valence electrons. The Kier molecular flexibility index (Phi) is 4.50. The molecule has 3 nitrogen and oxygen atoms in total. The van der Waals surface area contributed by atoms with E-state index < -0.39 is 0 Å². The summed E-state index contributed by atoms with van der Waals surface area (Å²) in [7, 11) is 2.06. The van der Waals surface area contributed by atoms with Gasteiger partial charge in [-0.25, -0.2) is 0 Å². The first-order chi connectivity index (χ1) is 8.65. The zero-order valence-electron chi connectivity index (χ0n) is 11.2. The average Bonchev–Trinajstić information content (AvgIpc) is 2.35. The normalized spacial score (nSPS) is 20.4. The summed E-state index contributed by atoms with van der Waals surface area (Å²) >= 11 is 0. The first-order valence-electron chi connectivity index (χ1n) is 6.49. The van der Waals surface area contributed by atoms with Crippen molar-refractivity contribution < 1.29 is 9.53 Å². The summed E-state index contributed by atoms with van der Waals surface area (Å²) in [4.78, 5) is 13.9. The van der Waals surface area contributed by atoms with Crippen LogP contribution in [0.1, 0.15) is 17.5 Å². The standard InChI is InChI=1S/C15H21NO2/c1-12-3-5-13(6-4-12)9-16(2)10-14-11-18-8-7-15(14)17/h3-6,14H,7-11H2,1-2H3. The second-order valence-corrected chi connectivity index (χ2v) is 5.17. The molecule has 1 heterocycles. The van der Waals surface area contributed by atoms with E-state index in [0.717, 1.165) is 13.1 Å². The number of carbonyl (C=O) groups is 1. The predicted molar refractivity (Wildman–Crippen MR) is 71.4 cm³/mol. The molecule has 1 saturated heterocycles. The van der Waals surface area contributed by atoms with E-state index in [4.69, 9.17) is 4.74 Å². The summed E-state index contributed by atoms with van der Waals surface area (Å²) in [6.07, 6.45) is 0.572. The van der Waals surface area contributed by atoms with Crippen LogP contribution in [0.5, 0.6) is 0 Å². The van der Waals surface area contributed by atoms with Crippen molar-refractivity contribution in [2.24, 2.45) is 5.92 Å². The number of Topliss-reactive ketones (excluding diaryl/α,β-unsaturated/α-hetero) is 1. The molecule has 1 aliphatic rings. The minimum Gasteiger partial charge on any atom is -0.380 e.